The molecule has 1 N–H and O–H groups in total. The SMILES string of the molecule is CNC1CCN(C(=O)c2ccc(-n3nc(C)cc3C)nc2)CC1.Cl.Cl. The van der Waals surface area contributed by atoms with E-state index in [-0.39, 0.29) is 30.7 Å². The smallest absolute Gasteiger partial charge is 0.255 e. The van der Waals surface area contributed by atoms with Crippen LogP contribution in [0.2, 0.25) is 0 Å². The van der Waals surface area contributed by atoms with Crippen molar-refractivity contribution < 1.29 is 4.79 Å². The number of aromatic nitrogens is 3. The first-order valence-electron chi connectivity index (χ1n) is 8.04. The molecular formula is C17H25Cl2N5O. The molecule has 138 valence electrons. The summed E-state index contributed by atoms with van der Waals surface area (Å²) < 4.78 is 1.79. The maximum Gasteiger partial charge on any atom is 0.255 e. The van der Waals surface area contributed by atoms with Gasteiger partial charge in [-0.15, -0.1) is 24.8 Å². The largest absolute Gasteiger partial charge is 0.338 e. The third-order valence-corrected chi connectivity index (χ3v) is 4.41. The summed E-state index contributed by atoms with van der Waals surface area (Å²) in [4.78, 5) is 18.9. The van der Waals surface area contributed by atoms with Crippen LogP contribution in [0.5, 0.6) is 0 Å². The van der Waals surface area contributed by atoms with Crippen molar-refractivity contribution in [3.63, 3.8) is 0 Å². The number of pyridine rings is 1. The summed E-state index contributed by atoms with van der Waals surface area (Å²) in [6.07, 6.45) is 3.65. The minimum Gasteiger partial charge on any atom is -0.338 e. The molecule has 1 aliphatic heterocycles. The molecule has 2 aromatic rings. The summed E-state index contributed by atoms with van der Waals surface area (Å²) >= 11 is 0. The molecule has 3 heterocycles. The lowest BCUT2D eigenvalue weighted by Crippen LogP contribution is -2.43. The highest BCUT2D eigenvalue weighted by Crippen LogP contribution is 2.15. The number of hydrogen-bond donors (Lipinski definition) is 1. The van der Waals surface area contributed by atoms with E-state index in [1.807, 2.05) is 44.0 Å². The molecule has 1 aliphatic rings. The van der Waals surface area contributed by atoms with Crippen molar-refractivity contribution in [3.8, 4) is 5.82 Å². The molecular weight excluding hydrogens is 361 g/mol. The number of aryl methyl sites for hydroxylation is 2. The summed E-state index contributed by atoms with van der Waals surface area (Å²) in [5.74, 6) is 0.799. The third-order valence-electron chi connectivity index (χ3n) is 4.41. The van der Waals surface area contributed by atoms with Gasteiger partial charge in [-0.05, 0) is 51.9 Å². The van der Waals surface area contributed by atoms with E-state index < -0.39 is 0 Å². The standard InChI is InChI=1S/C17H23N5O.2ClH/c1-12-10-13(2)22(20-12)16-5-4-14(11-19-16)17(23)21-8-6-15(18-3)7-9-21;;/h4-5,10-11,15,18H,6-9H2,1-3H3;2*1H. The molecule has 0 unspecified atom stereocenters. The molecule has 0 radical (unpaired) electrons. The Morgan fingerprint density at radius 3 is 2.36 bits per heavy atom. The Hall–Kier alpha value is -1.63. The van der Waals surface area contributed by atoms with Crippen LogP contribution in [0.25, 0.3) is 5.82 Å². The van der Waals surface area contributed by atoms with Crippen molar-refractivity contribution in [2.75, 3.05) is 20.1 Å². The van der Waals surface area contributed by atoms with E-state index in [9.17, 15) is 4.79 Å². The number of nitrogens with one attached hydrogen (secondary N) is 1. The predicted molar refractivity (Wildman–Crippen MR) is 103 cm³/mol. The number of carbonyl (C=O) groups is 1. The van der Waals surface area contributed by atoms with Gasteiger partial charge in [0.2, 0.25) is 0 Å². The van der Waals surface area contributed by atoms with Crippen LogP contribution in [0.15, 0.2) is 24.4 Å². The van der Waals surface area contributed by atoms with Crippen molar-refractivity contribution in [1.29, 1.82) is 0 Å². The van der Waals surface area contributed by atoms with Gasteiger partial charge in [0.1, 0.15) is 0 Å². The second-order valence-corrected chi connectivity index (χ2v) is 6.10. The van der Waals surface area contributed by atoms with Gasteiger partial charge in [0.05, 0.1) is 11.3 Å². The number of amides is 1. The maximum atomic E-state index is 12.6. The van der Waals surface area contributed by atoms with Crippen LogP contribution >= 0.6 is 24.8 Å². The summed E-state index contributed by atoms with van der Waals surface area (Å²) in [7, 11) is 1.98. The van der Waals surface area contributed by atoms with Crippen LogP contribution in [-0.2, 0) is 0 Å². The second kappa shape index (κ2) is 9.17. The van der Waals surface area contributed by atoms with E-state index in [1.54, 1.807) is 10.9 Å². The first-order chi connectivity index (χ1) is 11.1. The Labute approximate surface area is 160 Å². The van der Waals surface area contributed by atoms with E-state index in [4.69, 9.17) is 0 Å². The topological polar surface area (TPSA) is 63.1 Å². The number of likely N-dealkylation sites (tertiary alicyclic amines) is 1. The predicted octanol–water partition coefficient (Wildman–Crippen LogP) is 2.55. The average Bonchev–Trinajstić information content (AvgIpc) is 2.93. The molecule has 0 bridgehead atoms. The minimum atomic E-state index is 0. The van der Waals surface area contributed by atoms with Crippen molar-refractivity contribution in [1.82, 2.24) is 25.0 Å². The van der Waals surface area contributed by atoms with Gasteiger partial charge in [0, 0.05) is 31.0 Å². The fourth-order valence-electron chi connectivity index (χ4n) is 3.05. The van der Waals surface area contributed by atoms with E-state index in [0.717, 1.165) is 43.1 Å². The van der Waals surface area contributed by atoms with E-state index in [0.29, 0.717) is 11.6 Å². The number of piperidine rings is 1. The summed E-state index contributed by atoms with van der Waals surface area (Å²) in [5.41, 5.74) is 2.62. The Balaban J connectivity index is 0.00000156. The van der Waals surface area contributed by atoms with Gasteiger partial charge in [-0.1, -0.05) is 0 Å². The van der Waals surface area contributed by atoms with Crippen LogP contribution in [0.3, 0.4) is 0 Å². The fourth-order valence-corrected chi connectivity index (χ4v) is 3.05. The van der Waals surface area contributed by atoms with E-state index in [1.165, 1.54) is 0 Å². The molecule has 0 spiro atoms. The number of carbonyl (C=O) groups excluding carboxylic acids is 1. The maximum absolute atomic E-state index is 12.6. The fraction of sp³-hybridized carbons (Fsp3) is 0.471. The molecule has 0 aliphatic carbocycles. The van der Waals surface area contributed by atoms with Crippen LogP contribution in [-0.4, -0.2) is 51.8 Å². The monoisotopic (exact) mass is 385 g/mol. The van der Waals surface area contributed by atoms with Crippen molar-refractivity contribution >= 4 is 30.7 Å². The van der Waals surface area contributed by atoms with Crippen molar-refractivity contribution in [2.45, 2.75) is 32.7 Å². The number of hydrogen-bond acceptors (Lipinski definition) is 4. The Morgan fingerprint density at radius 1 is 1.20 bits per heavy atom. The molecule has 0 aromatic carbocycles. The van der Waals surface area contributed by atoms with Crippen molar-refractivity contribution in [2.24, 2.45) is 0 Å². The van der Waals surface area contributed by atoms with Gasteiger partial charge in [-0.2, -0.15) is 5.10 Å². The third kappa shape index (κ3) is 4.71. The molecule has 0 atom stereocenters. The molecule has 25 heavy (non-hydrogen) atoms. The van der Waals surface area contributed by atoms with Gasteiger partial charge < -0.3 is 10.2 Å². The van der Waals surface area contributed by atoms with Crippen LogP contribution < -0.4 is 5.32 Å². The van der Waals surface area contributed by atoms with E-state index in [2.05, 4.69) is 15.4 Å². The normalized spacial score (nSPS) is 14.6. The lowest BCUT2D eigenvalue weighted by atomic mass is 10.0. The number of rotatable bonds is 3. The summed E-state index contributed by atoms with van der Waals surface area (Å²) in [6, 6.07) is 6.22. The zero-order chi connectivity index (χ0) is 16.4. The highest BCUT2D eigenvalue weighted by atomic mass is 35.5. The molecule has 6 nitrogen and oxygen atoms in total. The van der Waals surface area contributed by atoms with E-state index >= 15 is 0 Å². The first kappa shape index (κ1) is 21.4. The quantitative estimate of drug-likeness (QED) is 0.881. The number of nitrogens with zero attached hydrogens (tertiary/aromatic N) is 4. The van der Waals surface area contributed by atoms with Gasteiger partial charge in [-0.3, -0.25) is 4.79 Å². The highest BCUT2D eigenvalue weighted by Gasteiger charge is 2.22. The lowest BCUT2D eigenvalue weighted by Gasteiger charge is -2.31. The minimum absolute atomic E-state index is 0. The second-order valence-electron chi connectivity index (χ2n) is 6.10. The van der Waals surface area contributed by atoms with Crippen LogP contribution in [0.1, 0.15) is 34.6 Å². The first-order valence-corrected chi connectivity index (χ1v) is 8.04. The molecule has 1 fully saturated rings. The van der Waals surface area contributed by atoms with Gasteiger partial charge in [0.25, 0.3) is 5.91 Å². The molecule has 0 saturated carbocycles. The van der Waals surface area contributed by atoms with Gasteiger partial charge in [-0.25, -0.2) is 9.67 Å². The summed E-state index contributed by atoms with van der Waals surface area (Å²) in [5, 5.41) is 7.69. The highest BCUT2D eigenvalue weighted by molar-refractivity contribution is 5.94. The molecule has 1 amide bonds. The van der Waals surface area contributed by atoms with Crippen molar-refractivity contribution in [3.05, 3.63) is 41.3 Å². The zero-order valence-electron chi connectivity index (χ0n) is 14.7. The molecule has 8 heteroatoms. The molecule has 2 aromatic heterocycles. The lowest BCUT2D eigenvalue weighted by molar-refractivity contribution is 0.0707. The molecule has 3 rings (SSSR count). The van der Waals surface area contributed by atoms with Crippen LogP contribution in [0, 0.1) is 13.8 Å². The number of halogens is 2. The molecule has 1 saturated heterocycles. The Morgan fingerprint density at radius 2 is 1.88 bits per heavy atom. The Bertz CT molecular complexity index is 694. The van der Waals surface area contributed by atoms with Crippen LogP contribution in [0.4, 0.5) is 0 Å². The van der Waals surface area contributed by atoms with Gasteiger partial charge >= 0.3 is 0 Å². The average molecular weight is 386 g/mol. The van der Waals surface area contributed by atoms with Gasteiger partial charge in [0.15, 0.2) is 5.82 Å². The zero-order valence-corrected chi connectivity index (χ0v) is 16.4. The Kier molecular flexibility index (Phi) is 7.86. The summed E-state index contributed by atoms with van der Waals surface area (Å²) in [6.45, 7) is 5.54.